The SMILES string of the molecule is CN(CC(=O)Nc1nc(-c2cccc([N+](=O)[O-])c2)cs1)Cc1nc2ccccc2c(=O)[nH]1. The third kappa shape index (κ3) is 4.85. The minimum atomic E-state index is -0.466. The molecule has 0 bridgehead atoms. The second kappa shape index (κ2) is 9.04. The zero-order valence-corrected chi connectivity index (χ0v) is 17.8. The van der Waals surface area contributed by atoms with Gasteiger partial charge in [-0.1, -0.05) is 24.3 Å². The van der Waals surface area contributed by atoms with Crippen LogP contribution in [0.25, 0.3) is 22.2 Å². The molecule has 0 radical (unpaired) electrons. The van der Waals surface area contributed by atoms with E-state index in [0.717, 1.165) is 0 Å². The molecule has 32 heavy (non-hydrogen) atoms. The van der Waals surface area contributed by atoms with E-state index in [9.17, 15) is 19.7 Å². The van der Waals surface area contributed by atoms with Gasteiger partial charge in [0.05, 0.1) is 34.6 Å². The summed E-state index contributed by atoms with van der Waals surface area (Å²) >= 11 is 1.23. The zero-order chi connectivity index (χ0) is 22.7. The summed E-state index contributed by atoms with van der Waals surface area (Å²) in [5, 5.41) is 16.3. The number of nitro benzene ring substituents is 1. The number of amides is 1. The van der Waals surface area contributed by atoms with E-state index in [1.165, 1.54) is 23.5 Å². The van der Waals surface area contributed by atoms with E-state index in [-0.39, 0.29) is 30.2 Å². The normalized spacial score (nSPS) is 11.1. The summed E-state index contributed by atoms with van der Waals surface area (Å²) in [5.41, 5.74) is 1.49. The van der Waals surface area contributed by atoms with Crippen LogP contribution in [0, 0.1) is 10.1 Å². The van der Waals surface area contributed by atoms with Crippen molar-refractivity contribution in [2.45, 2.75) is 6.54 Å². The van der Waals surface area contributed by atoms with Crippen LogP contribution < -0.4 is 10.9 Å². The van der Waals surface area contributed by atoms with Crippen molar-refractivity contribution in [1.29, 1.82) is 0 Å². The number of aromatic nitrogens is 3. The Hall–Kier alpha value is -3.96. The highest BCUT2D eigenvalue weighted by Crippen LogP contribution is 2.27. The number of benzene rings is 2. The first-order valence-electron chi connectivity index (χ1n) is 9.56. The fourth-order valence-corrected chi connectivity index (χ4v) is 3.90. The van der Waals surface area contributed by atoms with E-state index in [1.54, 1.807) is 47.7 Å². The number of carbonyl (C=O) groups excluding carboxylic acids is 1. The van der Waals surface area contributed by atoms with E-state index in [4.69, 9.17) is 0 Å². The number of fused-ring (bicyclic) bond motifs is 1. The molecule has 4 rings (SSSR count). The maximum absolute atomic E-state index is 12.4. The van der Waals surface area contributed by atoms with Crippen LogP contribution in [-0.2, 0) is 11.3 Å². The topological polar surface area (TPSA) is 134 Å². The van der Waals surface area contributed by atoms with Crippen molar-refractivity contribution in [3.63, 3.8) is 0 Å². The predicted octanol–water partition coefficient (Wildman–Crippen LogP) is 3.03. The molecule has 11 heteroatoms. The van der Waals surface area contributed by atoms with Gasteiger partial charge >= 0.3 is 0 Å². The summed E-state index contributed by atoms with van der Waals surface area (Å²) in [6.07, 6.45) is 0. The van der Waals surface area contributed by atoms with Gasteiger partial charge in [-0.3, -0.25) is 24.6 Å². The molecule has 0 aliphatic carbocycles. The number of para-hydroxylation sites is 1. The van der Waals surface area contributed by atoms with Crippen LogP contribution in [0.15, 0.2) is 58.7 Å². The fraction of sp³-hybridized carbons (Fsp3) is 0.143. The molecule has 2 heterocycles. The lowest BCUT2D eigenvalue weighted by molar-refractivity contribution is -0.384. The van der Waals surface area contributed by atoms with Crippen LogP contribution in [-0.4, -0.2) is 44.3 Å². The molecule has 162 valence electrons. The van der Waals surface area contributed by atoms with E-state index in [1.807, 2.05) is 6.07 Å². The highest BCUT2D eigenvalue weighted by atomic mass is 32.1. The van der Waals surface area contributed by atoms with Gasteiger partial charge < -0.3 is 10.3 Å². The zero-order valence-electron chi connectivity index (χ0n) is 16.9. The Morgan fingerprint density at radius 3 is 2.84 bits per heavy atom. The molecule has 4 aromatic rings. The van der Waals surface area contributed by atoms with Gasteiger partial charge in [0.2, 0.25) is 5.91 Å². The van der Waals surface area contributed by atoms with Gasteiger partial charge in [-0.15, -0.1) is 11.3 Å². The molecular weight excluding hydrogens is 432 g/mol. The summed E-state index contributed by atoms with van der Waals surface area (Å²) in [7, 11) is 1.74. The first-order chi connectivity index (χ1) is 15.4. The van der Waals surface area contributed by atoms with Crippen molar-refractivity contribution in [2.75, 3.05) is 18.9 Å². The average Bonchev–Trinajstić information content (AvgIpc) is 3.22. The molecule has 2 N–H and O–H groups in total. The van der Waals surface area contributed by atoms with E-state index < -0.39 is 4.92 Å². The number of likely N-dealkylation sites (N-methyl/N-ethyl adjacent to an activating group) is 1. The summed E-state index contributed by atoms with van der Waals surface area (Å²) in [6.45, 7) is 0.340. The summed E-state index contributed by atoms with van der Waals surface area (Å²) < 4.78 is 0. The van der Waals surface area contributed by atoms with E-state index in [0.29, 0.717) is 33.1 Å². The first-order valence-corrected chi connectivity index (χ1v) is 10.4. The van der Waals surface area contributed by atoms with Gasteiger partial charge in [0.1, 0.15) is 5.82 Å². The van der Waals surface area contributed by atoms with Gasteiger partial charge in [-0.25, -0.2) is 9.97 Å². The second-order valence-corrected chi connectivity index (χ2v) is 7.95. The Kier molecular flexibility index (Phi) is 6.01. The number of H-pyrrole nitrogens is 1. The van der Waals surface area contributed by atoms with Gasteiger partial charge in [-0.05, 0) is 19.2 Å². The Morgan fingerprint density at radius 2 is 2.03 bits per heavy atom. The quantitative estimate of drug-likeness (QED) is 0.326. The van der Waals surface area contributed by atoms with Gasteiger partial charge in [0.25, 0.3) is 11.2 Å². The minimum Gasteiger partial charge on any atom is -0.309 e. The molecule has 0 aliphatic heterocycles. The molecule has 0 spiro atoms. The largest absolute Gasteiger partial charge is 0.309 e. The standard InChI is InChI=1S/C21H18N6O4S/c1-26(10-18-22-16-8-3-2-7-15(16)20(29)24-18)11-19(28)25-21-23-17(12-32-21)13-5-4-6-14(9-13)27(30)31/h2-9,12H,10-11H2,1H3,(H,22,24,29)(H,23,25,28). The number of anilines is 1. The van der Waals surface area contributed by atoms with E-state index in [2.05, 4.69) is 20.3 Å². The highest BCUT2D eigenvalue weighted by molar-refractivity contribution is 7.14. The van der Waals surface area contributed by atoms with E-state index >= 15 is 0 Å². The molecule has 0 saturated carbocycles. The number of carbonyl (C=O) groups is 1. The summed E-state index contributed by atoms with van der Waals surface area (Å²) in [4.78, 5) is 48.3. The van der Waals surface area contributed by atoms with Crippen LogP contribution in [0.3, 0.4) is 0 Å². The number of nitro groups is 1. The second-order valence-electron chi connectivity index (χ2n) is 7.10. The van der Waals surface area contributed by atoms with Crippen molar-refractivity contribution in [1.82, 2.24) is 19.9 Å². The predicted molar refractivity (Wildman–Crippen MR) is 122 cm³/mol. The minimum absolute atomic E-state index is 0.0250. The van der Waals surface area contributed by atoms with Crippen molar-refractivity contribution >= 4 is 39.0 Å². The molecular formula is C21H18N6O4S. The van der Waals surface area contributed by atoms with Crippen LogP contribution in [0.4, 0.5) is 10.8 Å². The number of aromatic amines is 1. The Bertz CT molecular complexity index is 1370. The monoisotopic (exact) mass is 450 g/mol. The van der Waals surface area contributed by atoms with Crippen molar-refractivity contribution in [3.8, 4) is 11.3 Å². The first kappa shape index (κ1) is 21.3. The third-order valence-corrected chi connectivity index (χ3v) is 5.36. The summed E-state index contributed by atoms with van der Waals surface area (Å²) in [6, 6.07) is 13.2. The van der Waals surface area contributed by atoms with Gasteiger partial charge in [-0.2, -0.15) is 0 Å². The number of hydrogen-bond donors (Lipinski definition) is 2. The summed E-state index contributed by atoms with van der Waals surface area (Å²) in [5.74, 6) is 0.182. The molecule has 0 atom stereocenters. The Morgan fingerprint density at radius 1 is 1.22 bits per heavy atom. The number of nitrogens with one attached hydrogen (secondary N) is 2. The fourth-order valence-electron chi connectivity index (χ4n) is 3.17. The number of nitrogens with zero attached hydrogens (tertiary/aromatic N) is 4. The molecule has 2 aromatic heterocycles. The molecule has 0 saturated heterocycles. The number of rotatable bonds is 7. The molecule has 0 aliphatic rings. The molecule has 0 unspecified atom stereocenters. The average molecular weight is 450 g/mol. The van der Waals surface area contributed by atoms with Crippen molar-refractivity contribution in [3.05, 3.63) is 80.2 Å². The lowest BCUT2D eigenvalue weighted by Crippen LogP contribution is -2.31. The van der Waals surface area contributed by atoms with Gasteiger partial charge in [0.15, 0.2) is 5.13 Å². The van der Waals surface area contributed by atoms with Crippen LogP contribution >= 0.6 is 11.3 Å². The van der Waals surface area contributed by atoms with Crippen LogP contribution in [0.2, 0.25) is 0 Å². The van der Waals surface area contributed by atoms with Crippen molar-refractivity contribution in [2.24, 2.45) is 0 Å². The Balaban J connectivity index is 1.38. The maximum atomic E-state index is 12.4. The number of non-ortho nitro benzene ring substituents is 1. The molecule has 1 amide bonds. The van der Waals surface area contributed by atoms with Crippen LogP contribution in [0.1, 0.15) is 5.82 Å². The molecule has 10 nitrogen and oxygen atoms in total. The van der Waals surface area contributed by atoms with Gasteiger partial charge in [0, 0.05) is 23.1 Å². The van der Waals surface area contributed by atoms with Crippen molar-refractivity contribution < 1.29 is 9.72 Å². The molecule has 2 aromatic carbocycles. The van der Waals surface area contributed by atoms with Crippen LogP contribution in [0.5, 0.6) is 0 Å². The smallest absolute Gasteiger partial charge is 0.270 e. The highest BCUT2D eigenvalue weighted by Gasteiger charge is 2.14. The lowest BCUT2D eigenvalue weighted by atomic mass is 10.1. The number of thiazole rings is 1. The Labute approximate surface area is 185 Å². The maximum Gasteiger partial charge on any atom is 0.270 e. The number of hydrogen-bond acceptors (Lipinski definition) is 8. The molecule has 0 fully saturated rings. The lowest BCUT2D eigenvalue weighted by Gasteiger charge is -2.15. The third-order valence-electron chi connectivity index (χ3n) is 4.60.